The smallest absolute Gasteiger partial charge is 0.191 e. The number of hydrogen-bond donors (Lipinski definition) is 2. The summed E-state index contributed by atoms with van der Waals surface area (Å²) in [6, 6.07) is 5.69. The number of nitrogens with one attached hydrogen (secondary N) is 2. The van der Waals surface area contributed by atoms with Crippen molar-refractivity contribution < 1.29 is 8.42 Å². The van der Waals surface area contributed by atoms with E-state index in [1.807, 2.05) is 38.2 Å². The van der Waals surface area contributed by atoms with Gasteiger partial charge in [0.2, 0.25) is 0 Å². The van der Waals surface area contributed by atoms with Gasteiger partial charge in [0.1, 0.15) is 9.84 Å². The molecular weight excluding hydrogens is 479 g/mol. The van der Waals surface area contributed by atoms with Crippen LogP contribution in [-0.2, 0) is 16.4 Å². The molecule has 2 N–H and O–H groups in total. The van der Waals surface area contributed by atoms with Crippen LogP contribution in [0.15, 0.2) is 41.8 Å². The first-order chi connectivity index (χ1) is 12.4. The molecule has 2 aromatic heterocycles. The molecule has 2 rings (SSSR count). The van der Waals surface area contributed by atoms with Crippen molar-refractivity contribution in [2.24, 2.45) is 4.99 Å². The summed E-state index contributed by atoms with van der Waals surface area (Å²) in [5.74, 6) is 1.55. The molecule has 0 spiro atoms. The molecule has 0 aliphatic carbocycles. The van der Waals surface area contributed by atoms with Gasteiger partial charge < -0.3 is 10.6 Å². The number of aromatic nitrogens is 3. The lowest BCUT2D eigenvalue weighted by atomic mass is 10.2. The van der Waals surface area contributed by atoms with Crippen molar-refractivity contribution in [1.29, 1.82) is 0 Å². The van der Waals surface area contributed by atoms with E-state index in [9.17, 15) is 8.42 Å². The fraction of sp³-hybridized carbons (Fsp3) is 0.471. The van der Waals surface area contributed by atoms with Crippen LogP contribution in [0.2, 0.25) is 0 Å². The first-order valence-electron chi connectivity index (χ1n) is 8.55. The highest BCUT2D eigenvalue weighted by Crippen LogP contribution is 2.07. The predicted octanol–water partition coefficient (Wildman–Crippen LogP) is 1.76. The molecule has 1 unspecified atom stereocenters. The van der Waals surface area contributed by atoms with Gasteiger partial charge in [-0.15, -0.1) is 24.0 Å². The summed E-state index contributed by atoms with van der Waals surface area (Å²) in [5, 5.41) is 10.6. The first-order valence-corrected chi connectivity index (χ1v) is 10.6. The third kappa shape index (κ3) is 8.69. The van der Waals surface area contributed by atoms with Crippen LogP contribution >= 0.6 is 24.0 Å². The standard InChI is InChI=1S/C17H26N6O2S.HI/c1-4-18-17(22-14(2)7-11-26(3,24)25)20-13-15-6-9-19-16(12-15)23-10-5-8-21-23;/h5-6,8-10,12,14H,4,7,11,13H2,1-3H3,(H2,18,20,22);1H. The van der Waals surface area contributed by atoms with Gasteiger partial charge in [-0.1, -0.05) is 0 Å². The molecule has 0 fully saturated rings. The van der Waals surface area contributed by atoms with Crippen LogP contribution in [0.3, 0.4) is 0 Å². The van der Waals surface area contributed by atoms with Crippen LogP contribution in [0.4, 0.5) is 0 Å². The summed E-state index contributed by atoms with van der Waals surface area (Å²) < 4.78 is 24.3. The highest BCUT2D eigenvalue weighted by atomic mass is 127. The van der Waals surface area contributed by atoms with Crippen molar-refractivity contribution in [2.75, 3.05) is 18.6 Å². The van der Waals surface area contributed by atoms with Crippen LogP contribution in [0.5, 0.6) is 0 Å². The monoisotopic (exact) mass is 506 g/mol. The Morgan fingerprint density at radius 1 is 1.37 bits per heavy atom. The minimum atomic E-state index is -2.96. The fourth-order valence-electron chi connectivity index (χ4n) is 2.28. The second-order valence-electron chi connectivity index (χ2n) is 6.13. The van der Waals surface area contributed by atoms with Crippen molar-refractivity contribution >= 4 is 39.8 Å². The Hall–Kier alpha value is -1.69. The average molecular weight is 506 g/mol. The largest absolute Gasteiger partial charge is 0.357 e. The van der Waals surface area contributed by atoms with Gasteiger partial charge in [0, 0.05) is 37.4 Å². The van der Waals surface area contributed by atoms with E-state index in [1.54, 1.807) is 17.1 Å². The Morgan fingerprint density at radius 2 is 2.15 bits per heavy atom. The van der Waals surface area contributed by atoms with Crippen LogP contribution in [0.25, 0.3) is 5.82 Å². The van der Waals surface area contributed by atoms with Crippen LogP contribution < -0.4 is 10.6 Å². The number of nitrogens with zero attached hydrogens (tertiary/aromatic N) is 4. The normalized spacial score (nSPS) is 12.9. The van der Waals surface area contributed by atoms with Gasteiger partial charge in [-0.25, -0.2) is 23.1 Å². The lowest BCUT2D eigenvalue weighted by Gasteiger charge is -2.17. The summed E-state index contributed by atoms with van der Waals surface area (Å²) in [6.07, 6.45) is 7.06. The zero-order valence-electron chi connectivity index (χ0n) is 15.8. The summed E-state index contributed by atoms with van der Waals surface area (Å²) in [4.78, 5) is 8.88. The van der Waals surface area contributed by atoms with E-state index >= 15 is 0 Å². The molecule has 2 aromatic rings. The van der Waals surface area contributed by atoms with Gasteiger partial charge >= 0.3 is 0 Å². The Bertz CT molecular complexity index is 824. The Kier molecular flexibility index (Phi) is 9.70. The van der Waals surface area contributed by atoms with E-state index in [1.165, 1.54) is 6.26 Å². The summed E-state index contributed by atoms with van der Waals surface area (Å²) in [6.45, 7) is 5.13. The Balaban J connectivity index is 0.00000364. The van der Waals surface area contributed by atoms with Crippen molar-refractivity contribution in [3.63, 3.8) is 0 Å². The first kappa shape index (κ1) is 23.3. The highest BCUT2D eigenvalue weighted by molar-refractivity contribution is 14.0. The molecule has 0 aliphatic heterocycles. The zero-order valence-corrected chi connectivity index (χ0v) is 18.9. The topological polar surface area (TPSA) is 101 Å². The molecule has 0 radical (unpaired) electrons. The van der Waals surface area contributed by atoms with Crippen molar-refractivity contribution in [3.8, 4) is 5.82 Å². The molecule has 0 saturated carbocycles. The maximum Gasteiger partial charge on any atom is 0.191 e. The molecule has 0 amide bonds. The third-order valence-corrected chi connectivity index (χ3v) is 4.60. The van der Waals surface area contributed by atoms with E-state index in [-0.39, 0.29) is 35.8 Å². The van der Waals surface area contributed by atoms with Gasteiger partial charge in [-0.05, 0) is 44.0 Å². The minimum absolute atomic E-state index is 0. The molecule has 2 heterocycles. The molecule has 27 heavy (non-hydrogen) atoms. The molecule has 0 bridgehead atoms. The van der Waals surface area contributed by atoms with Crippen molar-refractivity contribution in [1.82, 2.24) is 25.4 Å². The third-order valence-electron chi connectivity index (χ3n) is 3.62. The highest BCUT2D eigenvalue weighted by Gasteiger charge is 2.09. The summed E-state index contributed by atoms with van der Waals surface area (Å²) >= 11 is 0. The van der Waals surface area contributed by atoms with E-state index in [0.29, 0.717) is 18.9 Å². The number of halogens is 1. The zero-order chi connectivity index (χ0) is 19.0. The predicted molar refractivity (Wildman–Crippen MR) is 119 cm³/mol. The average Bonchev–Trinajstić information content (AvgIpc) is 3.12. The molecular formula is C17H27IN6O2S. The molecule has 8 nitrogen and oxygen atoms in total. The van der Waals surface area contributed by atoms with Gasteiger partial charge in [0.15, 0.2) is 11.8 Å². The molecule has 0 aliphatic rings. The van der Waals surface area contributed by atoms with E-state index in [2.05, 4.69) is 25.7 Å². The number of rotatable bonds is 8. The number of sulfone groups is 1. The van der Waals surface area contributed by atoms with Crippen LogP contribution in [0.1, 0.15) is 25.8 Å². The fourth-order valence-corrected chi connectivity index (χ4v) is 3.06. The SMILES string of the molecule is CCNC(=NCc1ccnc(-n2cccn2)c1)NC(C)CCS(C)(=O)=O.I. The summed E-state index contributed by atoms with van der Waals surface area (Å²) in [5.41, 5.74) is 1.01. The van der Waals surface area contributed by atoms with Crippen LogP contribution in [-0.4, -0.2) is 53.7 Å². The Labute approximate surface area is 177 Å². The van der Waals surface area contributed by atoms with Crippen LogP contribution in [0, 0.1) is 0 Å². The van der Waals surface area contributed by atoms with Gasteiger partial charge in [-0.3, -0.25) is 0 Å². The molecule has 1 atom stereocenters. The molecule has 0 aromatic carbocycles. The molecule has 150 valence electrons. The lowest BCUT2D eigenvalue weighted by Crippen LogP contribution is -2.42. The van der Waals surface area contributed by atoms with E-state index in [0.717, 1.165) is 17.9 Å². The summed E-state index contributed by atoms with van der Waals surface area (Å²) in [7, 11) is -2.96. The second-order valence-corrected chi connectivity index (χ2v) is 8.39. The van der Waals surface area contributed by atoms with Gasteiger partial charge in [0.05, 0.1) is 12.3 Å². The Morgan fingerprint density at radius 3 is 2.78 bits per heavy atom. The number of aliphatic imine (C=N–C) groups is 1. The van der Waals surface area contributed by atoms with Crippen molar-refractivity contribution in [3.05, 3.63) is 42.4 Å². The minimum Gasteiger partial charge on any atom is -0.357 e. The number of guanidine groups is 1. The van der Waals surface area contributed by atoms with Gasteiger partial charge in [-0.2, -0.15) is 5.10 Å². The maximum atomic E-state index is 11.3. The number of hydrogen-bond acceptors (Lipinski definition) is 5. The lowest BCUT2D eigenvalue weighted by molar-refractivity contribution is 0.581. The second kappa shape index (κ2) is 11.2. The maximum absolute atomic E-state index is 11.3. The molecule has 0 saturated heterocycles. The van der Waals surface area contributed by atoms with E-state index in [4.69, 9.17) is 0 Å². The molecule has 10 heteroatoms. The van der Waals surface area contributed by atoms with Gasteiger partial charge in [0.25, 0.3) is 0 Å². The quantitative estimate of drug-likeness (QED) is 0.322. The number of pyridine rings is 1. The van der Waals surface area contributed by atoms with E-state index < -0.39 is 9.84 Å². The van der Waals surface area contributed by atoms with Crippen molar-refractivity contribution in [2.45, 2.75) is 32.9 Å².